The summed E-state index contributed by atoms with van der Waals surface area (Å²) in [6, 6.07) is 9.10. The number of para-hydroxylation sites is 1. The molecule has 1 rings (SSSR count). The summed E-state index contributed by atoms with van der Waals surface area (Å²) in [5.74, 6) is 0.222. The molecule has 1 aromatic carbocycles. The third-order valence-corrected chi connectivity index (χ3v) is 1.88. The molecule has 1 atom stereocenters. The second kappa shape index (κ2) is 5.96. The molecule has 3 heteroatoms. The van der Waals surface area contributed by atoms with Gasteiger partial charge in [-0.25, -0.2) is 0 Å². The van der Waals surface area contributed by atoms with Gasteiger partial charge in [-0.2, -0.15) is 0 Å². The molecular weight excluding hydrogens is 192 g/mol. The summed E-state index contributed by atoms with van der Waals surface area (Å²) in [6.45, 7) is 1.67. The Balaban J connectivity index is 2.31. The van der Waals surface area contributed by atoms with Gasteiger partial charge < -0.3 is 4.74 Å². The van der Waals surface area contributed by atoms with Crippen LogP contribution in [0.1, 0.15) is 13.3 Å². The summed E-state index contributed by atoms with van der Waals surface area (Å²) >= 11 is 0. The van der Waals surface area contributed by atoms with E-state index >= 15 is 0 Å². The topological polar surface area (TPSA) is 43.4 Å². The lowest BCUT2D eigenvalue weighted by Crippen LogP contribution is -2.14. The van der Waals surface area contributed by atoms with Crippen LogP contribution >= 0.6 is 0 Å². The van der Waals surface area contributed by atoms with Crippen LogP contribution in [0.5, 0.6) is 5.75 Å². The Bertz CT molecular complexity index is 319. The Morgan fingerprint density at radius 3 is 2.67 bits per heavy atom. The van der Waals surface area contributed by atoms with Crippen molar-refractivity contribution in [1.29, 1.82) is 0 Å². The third-order valence-electron chi connectivity index (χ3n) is 1.88. The quantitative estimate of drug-likeness (QED) is 0.710. The summed E-state index contributed by atoms with van der Waals surface area (Å²) in [5, 5.41) is 0. The molecule has 0 aliphatic rings. The minimum absolute atomic E-state index is 0.00995. The van der Waals surface area contributed by atoms with Gasteiger partial charge in [-0.05, 0) is 12.1 Å². The summed E-state index contributed by atoms with van der Waals surface area (Å²) in [5.41, 5.74) is 0. The van der Waals surface area contributed by atoms with Gasteiger partial charge in [0.25, 0.3) is 0 Å². The van der Waals surface area contributed by atoms with Gasteiger partial charge in [-0.3, -0.25) is 9.59 Å². The fourth-order valence-corrected chi connectivity index (χ4v) is 1.12. The van der Waals surface area contributed by atoms with E-state index in [1.807, 2.05) is 18.2 Å². The Morgan fingerprint density at radius 2 is 2.07 bits per heavy atom. The Labute approximate surface area is 89.1 Å². The van der Waals surface area contributed by atoms with Crippen LogP contribution in [0, 0.1) is 5.92 Å². The highest BCUT2D eigenvalue weighted by Gasteiger charge is 2.09. The first-order valence-corrected chi connectivity index (χ1v) is 4.79. The third kappa shape index (κ3) is 4.40. The lowest BCUT2D eigenvalue weighted by Gasteiger charge is -2.05. The molecule has 79 valence electrons. The molecule has 1 aromatic rings. The number of hydrogen-bond acceptors (Lipinski definition) is 3. The van der Waals surface area contributed by atoms with Crippen molar-refractivity contribution in [3.05, 3.63) is 30.3 Å². The zero-order valence-electron chi connectivity index (χ0n) is 8.60. The van der Waals surface area contributed by atoms with E-state index < -0.39 is 0 Å². The van der Waals surface area contributed by atoms with Crippen molar-refractivity contribution in [2.45, 2.75) is 13.3 Å². The van der Waals surface area contributed by atoms with Crippen LogP contribution in [0.4, 0.5) is 0 Å². The molecule has 0 spiro atoms. The van der Waals surface area contributed by atoms with E-state index in [2.05, 4.69) is 0 Å². The van der Waals surface area contributed by atoms with Crippen molar-refractivity contribution in [1.82, 2.24) is 0 Å². The summed E-state index contributed by atoms with van der Waals surface area (Å²) < 4.78 is 5.23. The molecule has 0 saturated carbocycles. The maximum absolute atomic E-state index is 11.3. The first kappa shape index (κ1) is 11.4. The minimum atomic E-state index is -0.350. The Kier molecular flexibility index (Phi) is 4.54. The van der Waals surface area contributed by atoms with E-state index in [9.17, 15) is 9.59 Å². The van der Waals surface area contributed by atoms with E-state index in [0.717, 1.165) is 0 Å². The van der Waals surface area contributed by atoms with Crippen molar-refractivity contribution in [2.24, 2.45) is 5.92 Å². The van der Waals surface area contributed by atoms with Gasteiger partial charge in [-0.15, -0.1) is 0 Å². The van der Waals surface area contributed by atoms with Crippen LogP contribution in [0.3, 0.4) is 0 Å². The van der Waals surface area contributed by atoms with Crippen molar-refractivity contribution in [3.63, 3.8) is 0 Å². The first-order chi connectivity index (χ1) is 7.22. The summed E-state index contributed by atoms with van der Waals surface area (Å²) in [6.07, 6.45) is 1.96. The van der Waals surface area contributed by atoms with Gasteiger partial charge in [0.05, 0.1) is 0 Å². The summed E-state index contributed by atoms with van der Waals surface area (Å²) in [4.78, 5) is 21.5. The molecule has 0 fully saturated rings. The van der Waals surface area contributed by atoms with Crippen LogP contribution in [-0.2, 0) is 9.59 Å². The number of carbonyl (C=O) groups excluding carboxylic acids is 2. The lowest BCUT2D eigenvalue weighted by atomic mass is 10.1. The van der Waals surface area contributed by atoms with E-state index in [1.54, 1.807) is 25.3 Å². The largest absolute Gasteiger partial charge is 0.486 e. The second-order valence-corrected chi connectivity index (χ2v) is 3.36. The molecule has 0 bridgehead atoms. The molecule has 0 N–H and O–H groups in total. The maximum atomic E-state index is 11.3. The van der Waals surface area contributed by atoms with Gasteiger partial charge in [0, 0.05) is 12.3 Å². The number of ether oxygens (including phenoxy) is 1. The number of carbonyl (C=O) groups is 1. The fraction of sp³-hybridized carbons (Fsp3) is 0.333. The molecule has 1 unspecified atom stereocenters. The van der Waals surface area contributed by atoms with Gasteiger partial charge in [0.1, 0.15) is 12.4 Å². The SMILES string of the molecule is CC([C]=O)CC(=O)COc1ccccc1. The Morgan fingerprint density at radius 1 is 1.40 bits per heavy atom. The first-order valence-electron chi connectivity index (χ1n) is 4.79. The number of rotatable bonds is 6. The normalized spacial score (nSPS) is 11.8. The molecule has 0 aromatic heterocycles. The highest BCUT2D eigenvalue weighted by atomic mass is 16.5. The number of Topliss-reactive ketones (excluding diaryl/α,β-unsaturated/α-hetero) is 1. The highest BCUT2D eigenvalue weighted by Crippen LogP contribution is 2.08. The zero-order chi connectivity index (χ0) is 11.1. The van der Waals surface area contributed by atoms with Crippen LogP contribution in [-0.4, -0.2) is 18.7 Å². The molecule has 3 nitrogen and oxygen atoms in total. The standard InChI is InChI=1S/C12H13O3/c1-10(8-13)7-11(14)9-15-12-5-3-2-4-6-12/h2-6,10H,7,9H2,1H3. The van der Waals surface area contributed by atoms with Crippen molar-refractivity contribution < 1.29 is 14.3 Å². The van der Waals surface area contributed by atoms with Crippen molar-refractivity contribution in [2.75, 3.05) is 6.61 Å². The number of ketones is 1. The molecule has 0 saturated heterocycles. The summed E-state index contributed by atoms with van der Waals surface area (Å²) in [7, 11) is 0. The molecule has 0 aliphatic carbocycles. The van der Waals surface area contributed by atoms with Gasteiger partial charge in [0.15, 0.2) is 5.78 Å². The number of benzene rings is 1. The van der Waals surface area contributed by atoms with Crippen molar-refractivity contribution in [3.8, 4) is 5.75 Å². The fourth-order valence-electron chi connectivity index (χ4n) is 1.12. The average molecular weight is 205 g/mol. The molecule has 1 radical (unpaired) electrons. The van der Waals surface area contributed by atoms with E-state index in [4.69, 9.17) is 4.74 Å². The molecule has 0 amide bonds. The van der Waals surface area contributed by atoms with E-state index in [1.165, 1.54) is 0 Å². The zero-order valence-corrected chi connectivity index (χ0v) is 8.60. The average Bonchev–Trinajstić information content (AvgIpc) is 2.27. The van der Waals surface area contributed by atoms with Crippen LogP contribution in [0.15, 0.2) is 30.3 Å². The monoisotopic (exact) mass is 205 g/mol. The van der Waals surface area contributed by atoms with E-state index in [0.29, 0.717) is 5.75 Å². The smallest absolute Gasteiger partial charge is 0.201 e. The highest BCUT2D eigenvalue weighted by molar-refractivity contribution is 5.82. The van der Waals surface area contributed by atoms with Crippen LogP contribution in [0.25, 0.3) is 0 Å². The molecular formula is C12H13O3. The molecule has 0 heterocycles. The van der Waals surface area contributed by atoms with Gasteiger partial charge >= 0.3 is 0 Å². The lowest BCUT2D eigenvalue weighted by molar-refractivity contribution is -0.121. The number of hydrogen-bond donors (Lipinski definition) is 0. The second-order valence-electron chi connectivity index (χ2n) is 3.36. The minimum Gasteiger partial charge on any atom is -0.486 e. The van der Waals surface area contributed by atoms with E-state index in [-0.39, 0.29) is 24.7 Å². The maximum Gasteiger partial charge on any atom is 0.201 e. The van der Waals surface area contributed by atoms with Crippen molar-refractivity contribution >= 4 is 12.1 Å². The van der Waals surface area contributed by atoms with Crippen LogP contribution < -0.4 is 4.74 Å². The molecule has 15 heavy (non-hydrogen) atoms. The molecule has 0 aliphatic heterocycles. The van der Waals surface area contributed by atoms with Gasteiger partial charge in [-0.1, -0.05) is 25.1 Å². The van der Waals surface area contributed by atoms with Crippen LogP contribution in [0.2, 0.25) is 0 Å². The Hall–Kier alpha value is -1.64. The predicted molar refractivity (Wildman–Crippen MR) is 56.4 cm³/mol. The predicted octanol–water partition coefficient (Wildman–Crippen LogP) is 1.77. The van der Waals surface area contributed by atoms with Gasteiger partial charge in [0.2, 0.25) is 6.29 Å².